The number of hydrogen-bond donors (Lipinski definition) is 1. The quantitative estimate of drug-likeness (QED) is 0.606. The molecule has 0 amide bonds. The van der Waals surface area contributed by atoms with Crippen LogP contribution < -0.4 is 10.5 Å². The Balaban J connectivity index is 1.91. The topological polar surface area (TPSA) is 118 Å². The van der Waals surface area contributed by atoms with Crippen LogP contribution in [0.25, 0.3) is 0 Å². The van der Waals surface area contributed by atoms with E-state index in [9.17, 15) is 17.6 Å². The summed E-state index contributed by atoms with van der Waals surface area (Å²) in [6, 6.07) is 3.18. The van der Waals surface area contributed by atoms with Gasteiger partial charge in [0.1, 0.15) is 18.5 Å². The molecule has 0 bridgehead atoms. The van der Waals surface area contributed by atoms with Crippen molar-refractivity contribution in [3.8, 4) is 5.75 Å². The van der Waals surface area contributed by atoms with Crippen molar-refractivity contribution in [1.82, 2.24) is 19.5 Å². The molecule has 4 rings (SSSR count). The molecule has 3 aromatic rings. The Labute approximate surface area is 188 Å². The number of aromatic amines is 1. The first-order valence-corrected chi connectivity index (χ1v) is 11.5. The zero-order valence-corrected chi connectivity index (χ0v) is 19.0. The Bertz CT molecular complexity index is 1340. The Morgan fingerprint density at radius 1 is 1.31 bits per heavy atom. The number of benzene rings is 1. The van der Waals surface area contributed by atoms with Crippen LogP contribution in [-0.4, -0.2) is 41.1 Å². The second-order valence-electron chi connectivity index (χ2n) is 7.51. The molecule has 0 spiro atoms. The van der Waals surface area contributed by atoms with E-state index in [1.165, 1.54) is 18.3 Å². The van der Waals surface area contributed by atoms with E-state index in [4.69, 9.17) is 20.8 Å². The SMILES string of the molecule is Cc1ccc(F)c([C@@H](C)[C@@H](c2n[nH]c(=O)o2)N2CCOc3cc(Cl)cnc3S2(=O)=O)c1C. The number of nitrogens with zero attached hydrogens (tertiary/aromatic N) is 3. The van der Waals surface area contributed by atoms with Crippen LogP contribution in [0.3, 0.4) is 0 Å². The average molecular weight is 483 g/mol. The van der Waals surface area contributed by atoms with Crippen LogP contribution in [0.1, 0.15) is 41.5 Å². The van der Waals surface area contributed by atoms with Crippen LogP contribution in [0, 0.1) is 19.7 Å². The third kappa shape index (κ3) is 3.80. The Morgan fingerprint density at radius 2 is 2.06 bits per heavy atom. The van der Waals surface area contributed by atoms with E-state index in [2.05, 4.69) is 15.2 Å². The maximum Gasteiger partial charge on any atom is 0.434 e. The zero-order chi connectivity index (χ0) is 23.2. The van der Waals surface area contributed by atoms with E-state index >= 15 is 0 Å². The van der Waals surface area contributed by atoms with Crippen LogP contribution in [0.2, 0.25) is 5.02 Å². The summed E-state index contributed by atoms with van der Waals surface area (Å²) in [7, 11) is -4.26. The monoisotopic (exact) mass is 482 g/mol. The number of aromatic nitrogens is 3. The van der Waals surface area contributed by atoms with Crippen LogP contribution in [0.4, 0.5) is 4.39 Å². The number of H-pyrrole nitrogens is 1. The van der Waals surface area contributed by atoms with Crippen LogP contribution in [0.5, 0.6) is 5.75 Å². The van der Waals surface area contributed by atoms with E-state index in [1.54, 1.807) is 19.9 Å². The first-order valence-electron chi connectivity index (χ1n) is 9.72. The van der Waals surface area contributed by atoms with Crippen molar-refractivity contribution in [2.75, 3.05) is 13.2 Å². The zero-order valence-electron chi connectivity index (χ0n) is 17.4. The largest absolute Gasteiger partial charge is 0.489 e. The van der Waals surface area contributed by atoms with Gasteiger partial charge in [0.2, 0.25) is 10.9 Å². The summed E-state index contributed by atoms with van der Waals surface area (Å²) < 4.78 is 54.0. The van der Waals surface area contributed by atoms with Gasteiger partial charge in [-0.3, -0.25) is 0 Å². The molecule has 1 N–H and O–H groups in total. The molecular formula is C20H20ClFN4O5S. The van der Waals surface area contributed by atoms with E-state index in [0.29, 0.717) is 11.1 Å². The van der Waals surface area contributed by atoms with Gasteiger partial charge in [0, 0.05) is 24.7 Å². The van der Waals surface area contributed by atoms with Gasteiger partial charge >= 0.3 is 5.76 Å². The minimum atomic E-state index is -4.26. The highest BCUT2D eigenvalue weighted by Gasteiger charge is 2.43. The predicted molar refractivity (Wildman–Crippen MR) is 113 cm³/mol. The third-order valence-electron chi connectivity index (χ3n) is 5.59. The van der Waals surface area contributed by atoms with Gasteiger partial charge in [0.25, 0.3) is 10.0 Å². The number of ether oxygens (including phenoxy) is 1. The number of hydrogen-bond acceptors (Lipinski definition) is 7. The smallest absolute Gasteiger partial charge is 0.434 e. The van der Waals surface area contributed by atoms with Crippen LogP contribution in [0.15, 0.2) is 38.6 Å². The third-order valence-corrected chi connectivity index (χ3v) is 7.62. The number of aryl methyl sites for hydroxylation is 1. The second kappa shape index (κ2) is 8.30. The molecule has 0 radical (unpaired) electrons. The first-order chi connectivity index (χ1) is 15.1. The highest BCUT2D eigenvalue weighted by molar-refractivity contribution is 7.89. The molecule has 32 heavy (non-hydrogen) atoms. The van der Waals surface area contributed by atoms with Crippen molar-refractivity contribution in [3.05, 3.63) is 68.4 Å². The van der Waals surface area contributed by atoms with Gasteiger partial charge in [0.15, 0.2) is 5.75 Å². The van der Waals surface area contributed by atoms with Crippen molar-refractivity contribution in [2.45, 2.75) is 37.8 Å². The molecule has 0 aliphatic carbocycles. The lowest BCUT2D eigenvalue weighted by molar-refractivity contribution is 0.209. The van der Waals surface area contributed by atoms with Gasteiger partial charge in [-0.15, -0.1) is 5.10 Å². The Hall–Kier alpha value is -2.76. The molecule has 12 heteroatoms. The molecule has 2 atom stereocenters. The standard InChI is InChI=1S/C20H20ClFN4O5S/c1-10-4-5-14(22)16(11(10)2)12(3)17(18-24-25-20(27)31-18)26-6-7-30-15-8-13(21)9-23-19(15)32(26,28)29/h4-5,8-9,12,17H,6-7H2,1-3H3,(H,25,27)/t12-,17+/m1/s1. The van der Waals surface area contributed by atoms with Crippen molar-refractivity contribution >= 4 is 21.6 Å². The van der Waals surface area contributed by atoms with E-state index in [-0.39, 0.29) is 34.8 Å². The molecule has 0 saturated heterocycles. The summed E-state index contributed by atoms with van der Waals surface area (Å²) in [4.78, 5) is 15.7. The fourth-order valence-electron chi connectivity index (χ4n) is 3.95. The van der Waals surface area contributed by atoms with Crippen LogP contribution >= 0.6 is 11.6 Å². The highest BCUT2D eigenvalue weighted by atomic mass is 35.5. The van der Waals surface area contributed by atoms with Crippen LogP contribution in [-0.2, 0) is 10.0 Å². The molecule has 1 aromatic carbocycles. The first kappa shape index (κ1) is 22.4. The number of fused-ring (bicyclic) bond motifs is 1. The number of sulfonamides is 1. The summed E-state index contributed by atoms with van der Waals surface area (Å²) in [6.07, 6.45) is 1.20. The number of rotatable bonds is 4. The minimum Gasteiger partial charge on any atom is -0.489 e. The number of pyridine rings is 1. The maximum atomic E-state index is 14.9. The van der Waals surface area contributed by atoms with Gasteiger partial charge < -0.3 is 9.15 Å². The number of nitrogens with one attached hydrogen (secondary N) is 1. The van der Waals surface area contributed by atoms with Crippen molar-refractivity contribution in [1.29, 1.82) is 0 Å². The molecule has 0 unspecified atom stereocenters. The lowest BCUT2D eigenvalue weighted by Crippen LogP contribution is -2.39. The fourth-order valence-corrected chi connectivity index (χ4v) is 5.76. The normalized spacial score (nSPS) is 17.8. The number of halogens is 2. The van der Waals surface area contributed by atoms with Crippen molar-refractivity contribution < 1.29 is 22.0 Å². The Kier molecular flexibility index (Phi) is 5.82. The van der Waals surface area contributed by atoms with Gasteiger partial charge in [-0.05, 0) is 36.6 Å². The second-order valence-corrected chi connectivity index (χ2v) is 9.75. The van der Waals surface area contributed by atoms with Gasteiger partial charge in [-0.2, -0.15) is 4.31 Å². The van der Waals surface area contributed by atoms with E-state index < -0.39 is 33.6 Å². The molecule has 0 fully saturated rings. The summed E-state index contributed by atoms with van der Waals surface area (Å²) in [5.74, 6) is -2.31. The van der Waals surface area contributed by atoms with Gasteiger partial charge in [-0.1, -0.05) is 24.6 Å². The molecule has 2 aromatic heterocycles. The van der Waals surface area contributed by atoms with E-state index in [0.717, 1.165) is 9.87 Å². The van der Waals surface area contributed by atoms with Crippen molar-refractivity contribution in [3.63, 3.8) is 0 Å². The molecule has 9 nitrogen and oxygen atoms in total. The fraction of sp³-hybridized carbons (Fsp3) is 0.350. The summed E-state index contributed by atoms with van der Waals surface area (Å²) in [5, 5.41) is 5.90. The summed E-state index contributed by atoms with van der Waals surface area (Å²) >= 11 is 5.94. The highest BCUT2D eigenvalue weighted by Crippen LogP contribution is 2.42. The predicted octanol–water partition coefficient (Wildman–Crippen LogP) is 3.10. The molecule has 1 aliphatic heterocycles. The molecule has 170 valence electrons. The minimum absolute atomic E-state index is 0.00722. The molecule has 1 aliphatic rings. The van der Waals surface area contributed by atoms with E-state index in [1.807, 2.05) is 6.92 Å². The van der Waals surface area contributed by atoms with Crippen molar-refractivity contribution in [2.24, 2.45) is 0 Å². The molecule has 0 saturated carbocycles. The molecule has 3 heterocycles. The Morgan fingerprint density at radius 3 is 2.75 bits per heavy atom. The lowest BCUT2D eigenvalue weighted by Gasteiger charge is -2.32. The average Bonchev–Trinajstić information content (AvgIpc) is 3.10. The maximum absolute atomic E-state index is 14.9. The summed E-state index contributed by atoms with van der Waals surface area (Å²) in [6.45, 7) is 5.09. The lowest BCUT2D eigenvalue weighted by atomic mass is 9.87. The van der Waals surface area contributed by atoms with Gasteiger partial charge in [-0.25, -0.2) is 27.7 Å². The summed E-state index contributed by atoms with van der Waals surface area (Å²) in [5.41, 5.74) is 1.79. The van der Waals surface area contributed by atoms with Gasteiger partial charge in [0.05, 0.1) is 5.02 Å². The molecular weight excluding hydrogens is 463 g/mol.